The van der Waals surface area contributed by atoms with E-state index in [0.717, 1.165) is 0 Å². The van der Waals surface area contributed by atoms with Gasteiger partial charge in [-0.25, -0.2) is 4.98 Å². The lowest BCUT2D eigenvalue weighted by atomic mass is 10.3. The van der Waals surface area contributed by atoms with Crippen LogP contribution in [0.1, 0.15) is 10.5 Å². The van der Waals surface area contributed by atoms with Crippen LogP contribution in [-0.2, 0) is 0 Å². The fourth-order valence-corrected chi connectivity index (χ4v) is 0.760. The molecule has 12 heavy (non-hydrogen) atoms. The van der Waals surface area contributed by atoms with Crippen LogP contribution in [0.4, 0.5) is 0 Å². The van der Waals surface area contributed by atoms with Gasteiger partial charge < -0.3 is 0 Å². The minimum atomic E-state index is -0.576. The SMILES string of the molecule is N#CNC(=O)c1cc[c]c(Cl)n1. The fraction of sp³-hybridized carbons (Fsp3) is 0. The Morgan fingerprint density at radius 3 is 3.17 bits per heavy atom. The maximum atomic E-state index is 10.9. The van der Waals surface area contributed by atoms with Gasteiger partial charge in [0.2, 0.25) is 0 Å². The summed E-state index contributed by atoms with van der Waals surface area (Å²) in [6, 6.07) is 5.44. The zero-order chi connectivity index (χ0) is 8.97. The number of carbonyl (C=O) groups is 1. The molecule has 1 heterocycles. The molecule has 0 aromatic carbocycles. The second kappa shape index (κ2) is 3.69. The standard InChI is InChI=1S/C7H3ClN3O/c8-6-3-1-2-5(11-6)7(12)10-4-9/h1-2H,(H,10,12). The van der Waals surface area contributed by atoms with E-state index in [2.05, 4.69) is 11.1 Å². The van der Waals surface area contributed by atoms with Crippen molar-refractivity contribution in [2.24, 2.45) is 0 Å². The summed E-state index contributed by atoms with van der Waals surface area (Å²) in [6.07, 6.45) is 1.49. The van der Waals surface area contributed by atoms with Gasteiger partial charge in [-0.1, -0.05) is 11.6 Å². The summed E-state index contributed by atoms with van der Waals surface area (Å²) in [5.41, 5.74) is 0.0975. The molecule has 5 heteroatoms. The molecule has 0 aliphatic carbocycles. The summed E-state index contributed by atoms with van der Waals surface area (Å²) in [5, 5.41) is 10.1. The van der Waals surface area contributed by atoms with Crippen molar-refractivity contribution < 1.29 is 4.79 Å². The third kappa shape index (κ3) is 1.94. The van der Waals surface area contributed by atoms with E-state index in [1.165, 1.54) is 18.3 Å². The number of rotatable bonds is 1. The molecule has 0 spiro atoms. The number of pyridine rings is 1. The quantitative estimate of drug-likeness (QED) is 0.394. The van der Waals surface area contributed by atoms with Gasteiger partial charge in [0, 0.05) is 6.07 Å². The van der Waals surface area contributed by atoms with Crippen molar-refractivity contribution in [3.63, 3.8) is 0 Å². The molecule has 0 aliphatic heterocycles. The van der Waals surface area contributed by atoms with Crippen LogP contribution in [0.25, 0.3) is 0 Å². The van der Waals surface area contributed by atoms with E-state index in [-0.39, 0.29) is 10.8 Å². The average Bonchev–Trinajstić information content (AvgIpc) is 2.05. The van der Waals surface area contributed by atoms with Crippen LogP contribution >= 0.6 is 11.6 Å². The minimum absolute atomic E-state index is 0.0975. The first-order valence-corrected chi connectivity index (χ1v) is 3.35. The lowest BCUT2D eigenvalue weighted by molar-refractivity contribution is 0.0968. The number of aromatic nitrogens is 1. The predicted molar refractivity (Wildman–Crippen MR) is 41.2 cm³/mol. The van der Waals surface area contributed by atoms with Crippen molar-refractivity contribution in [2.45, 2.75) is 0 Å². The lowest BCUT2D eigenvalue weighted by Crippen LogP contribution is -2.18. The number of hydrogen-bond donors (Lipinski definition) is 1. The van der Waals surface area contributed by atoms with Crippen LogP contribution in [0.3, 0.4) is 0 Å². The largest absolute Gasteiger partial charge is 0.282 e. The summed E-state index contributed by atoms with van der Waals surface area (Å²) in [6.45, 7) is 0. The summed E-state index contributed by atoms with van der Waals surface area (Å²) >= 11 is 5.46. The Morgan fingerprint density at radius 2 is 2.58 bits per heavy atom. The van der Waals surface area contributed by atoms with Gasteiger partial charge in [-0.05, 0) is 12.1 Å². The van der Waals surface area contributed by atoms with Crippen molar-refractivity contribution in [1.82, 2.24) is 10.3 Å². The van der Waals surface area contributed by atoms with E-state index in [0.29, 0.717) is 0 Å². The lowest BCUT2D eigenvalue weighted by Gasteiger charge is -1.95. The van der Waals surface area contributed by atoms with E-state index in [9.17, 15) is 4.79 Å². The first-order chi connectivity index (χ1) is 5.74. The molecule has 59 valence electrons. The van der Waals surface area contributed by atoms with Crippen LogP contribution in [0, 0.1) is 17.5 Å². The molecule has 1 amide bonds. The normalized spacial score (nSPS) is 8.67. The highest BCUT2D eigenvalue weighted by molar-refractivity contribution is 6.29. The van der Waals surface area contributed by atoms with E-state index < -0.39 is 5.91 Å². The number of nitrogens with one attached hydrogen (secondary N) is 1. The fourth-order valence-electron chi connectivity index (χ4n) is 0.606. The average molecular weight is 181 g/mol. The molecule has 0 bridgehead atoms. The molecule has 1 N–H and O–H groups in total. The Labute approximate surface area is 73.8 Å². The van der Waals surface area contributed by atoms with E-state index in [1.54, 1.807) is 0 Å². The van der Waals surface area contributed by atoms with Crippen LogP contribution in [0.5, 0.6) is 0 Å². The van der Waals surface area contributed by atoms with Gasteiger partial charge in [-0.15, -0.1) is 0 Å². The van der Waals surface area contributed by atoms with Crippen molar-refractivity contribution in [1.29, 1.82) is 5.26 Å². The summed E-state index contributed by atoms with van der Waals surface area (Å²) in [4.78, 5) is 14.6. The molecule has 1 aromatic rings. The summed E-state index contributed by atoms with van der Waals surface area (Å²) < 4.78 is 0. The Bertz CT molecular complexity index is 345. The molecule has 1 rings (SSSR count). The highest BCUT2D eigenvalue weighted by atomic mass is 35.5. The number of hydrogen-bond acceptors (Lipinski definition) is 3. The molecule has 0 aliphatic rings. The van der Waals surface area contributed by atoms with E-state index in [1.807, 2.05) is 5.32 Å². The summed E-state index contributed by atoms with van der Waals surface area (Å²) in [5.74, 6) is -0.576. The molecule has 0 fully saturated rings. The van der Waals surface area contributed by atoms with Crippen LogP contribution in [0.15, 0.2) is 12.1 Å². The number of carbonyl (C=O) groups excluding carboxylic acids is 1. The number of amides is 1. The van der Waals surface area contributed by atoms with E-state index >= 15 is 0 Å². The predicted octanol–water partition coefficient (Wildman–Crippen LogP) is 0.746. The zero-order valence-electron chi connectivity index (χ0n) is 5.84. The smallest absolute Gasteiger partial charge is 0.266 e. The van der Waals surface area contributed by atoms with E-state index in [4.69, 9.17) is 16.9 Å². The third-order valence-corrected chi connectivity index (χ3v) is 1.26. The van der Waals surface area contributed by atoms with Gasteiger partial charge >= 0.3 is 0 Å². The Morgan fingerprint density at radius 1 is 1.83 bits per heavy atom. The molecule has 1 aromatic heterocycles. The molecule has 1 radical (unpaired) electrons. The van der Waals surface area contributed by atoms with Crippen molar-refractivity contribution in [3.05, 3.63) is 29.0 Å². The highest BCUT2D eigenvalue weighted by Crippen LogP contribution is 2.03. The zero-order valence-corrected chi connectivity index (χ0v) is 6.59. The molecular formula is C7H3ClN3O. The number of nitrogens with zero attached hydrogens (tertiary/aromatic N) is 2. The van der Waals surface area contributed by atoms with Gasteiger partial charge in [0.15, 0.2) is 6.19 Å². The number of halogens is 1. The van der Waals surface area contributed by atoms with Crippen LogP contribution in [0.2, 0.25) is 5.15 Å². The van der Waals surface area contributed by atoms with Gasteiger partial charge in [0.25, 0.3) is 5.91 Å². The second-order valence-corrected chi connectivity index (χ2v) is 2.19. The third-order valence-electron chi connectivity index (χ3n) is 1.06. The van der Waals surface area contributed by atoms with Crippen molar-refractivity contribution >= 4 is 17.5 Å². The first-order valence-electron chi connectivity index (χ1n) is 2.97. The Hall–Kier alpha value is -1.60. The maximum Gasteiger partial charge on any atom is 0.282 e. The molecule has 0 saturated carbocycles. The van der Waals surface area contributed by atoms with Crippen molar-refractivity contribution in [2.75, 3.05) is 0 Å². The maximum absolute atomic E-state index is 10.9. The topological polar surface area (TPSA) is 65.8 Å². The van der Waals surface area contributed by atoms with Gasteiger partial charge in [0.1, 0.15) is 10.8 Å². The van der Waals surface area contributed by atoms with Crippen molar-refractivity contribution in [3.8, 4) is 6.19 Å². The minimum Gasteiger partial charge on any atom is -0.266 e. The second-order valence-electron chi connectivity index (χ2n) is 1.83. The molecule has 0 atom stereocenters. The molecule has 0 saturated heterocycles. The molecule has 0 unspecified atom stereocenters. The van der Waals surface area contributed by atoms with Gasteiger partial charge in [0.05, 0.1) is 0 Å². The van der Waals surface area contributed by atoms with Gasteiger partial charge in [-0.2, -0.15) is 5.26 Å². The summed E-state index contributed by atoms with van der Waals surface area (Å²) in [7, 11) is 0. The van der Waals surface area contributed by atoms with Crippen LogP contribution < -0.4 is 5.32 Å². The Kier molecular flexibility index (Phi) is 2.62. The molecular weight excluding hydrogens is 178 g/mol. The monoisotopic (exact) mass is 180 g/mol. The van der Waals surface area contributed by atoms with Gasteiger partial charge in [-0.3, -0.25) is 10.1 Å². The van der Waals surface area contributed by atoms with Crippen LogP contribution in [-0.4, -0.2) is 10.9 Å². The Balaban J connectivity index is 2.90. The number of nitriles is 1. The highest BCUT2D eigenvalue weighted by Gasteiger charge is 2.05. The first kappa shape index (κ1) is 8.50. The molecule has 4 nitrogen and oxygen atoms in total.